The maximum Gasteiger partial charge on any atom is 0.115 e. The summed E-state index contributed by atoms with van der Waals surface area (Å²) < 4.78 is 0. The zero-order valence-electron chi connectivity index (χ0n) is 17.9. The molecule has 0 aliphatic heterocycles. The average Bonchev–Trinajstić information content (AvgIpc) is 2.68. The van der Waals surface area contributed by atoms with E-state index in [0.29, 0.717) is 0 Å². The van der Waals surface area contributed by atoms with Crippen LogP contribution >= 0.6 is 0 Å². The second-order valence-corrected chi connectivity index (χ2v) is 9.04. The maximum atomic E-state index is 9.78. The van der Waals surface area contributed by atoms with E-state index in [1.807, 2.05) is 36.4 Å². The van der Waals surface area contributed by atoms with Crippen molar-refractivity contribution in [1.82, 2.24) is 0 Å². The third-order valence-electron chi connectivity index (χ3n) is 5.92. The minimum Gasteiger partial charge on any atom is -0.508 e. The predicted molar refractivity (Wildman–Crippen MR) is 123 cm³/mol. The molecule has 3 rings (SSSR count). The van der Waals surface area contributed by atoms with Gasteiger partial charge in [0.1, 0.15) is 17.2 Å². The van der Waals surface area contributed by atoms with Crippen LogP contribution in [-0.4, -0.2) is 15.3 Å². The van der Waals surface area contributed by atoms with Gasteiger partial charge in [-0.2, -0.15) is 0 Å². The molecule has 3 N–H and O–H groups in total. The number of hydrogen-bond acceptors (Lipinski definition) is 3. The first-order valence-electron chi connectivity index (χ1n) is 10.2. The van der Waals surface area contributed by atoms with Crippen LogP contribution in [0.5, 0.6) is 17.2 Å². The van der Waals surface area contributed by atoms with Crippen molar-refractivity contribution in [3.05, 3.63) is 96.1 Å². The average molecular weight is 403 g/mol. The number of allylic oxidation sites excluding steroid dienone is 1. The quantitative estimate of drug-likeness (QED) is 0.421. The molecule has 0 heterocycles. The highest BCUT2D eigenvalue weighted by Crippen LogP contribution is 2.44. The van der Waals surface area contributed by atoms with Crippen LogP contribution in [0.4, 0.5) is 0 Å². The van der Waals surface area contributed by atoms with E-state index in [2.05, 4.69) is 27.4 Å². The van der Waals surface area contributed by atoms with Crippen molar-refractivity contribution in [3.8, 4) is 17.2 Å². The summed E-state index contributed by atoms with van der Waals surface area (Å²) in [4.78, 5) is 0. The van der Waals surface area contributed by atoms with Crippen LogP contribution in [0.1, 0.15) is 50.3 Å². The molecule has 0 fully saturated rings. The smallest absolute Gasteiger partial charge is 0.115 e. The van der Waals surface area contributed by atoms with Crippen LogP contribution in [0, 0.1) is 0 Å². The van der Waals surface area contributed by atoms with Crippen LogP contribution in [-0.2, 0) is 10.8 Å². The lowest BCUT2D eigenvalue weighted by Gasteiger charge is -2.39. The van der Waals surface area contributed by atoms with Gasteiger partial charge in [-0.3, -0.25) is 0 Å². The van der Waals surface area contributed by atoms with Gasteiger partial charge in [-0.25, -0.2) is 0 Å². The third kappa shape index (κ3) is 4.85. The van der Waals surface area contributed by atoms with Crippen molar-refractivity contribution in [3.63, 3.8) is 0 Å². The van der Waals surface area contributed by atoms with Gasteiger partial charge in [0.2, 0.25) is 0 Å². The Morgan fingerprint density at radius 2 is 1.07 bits per heavy atom. The second kappa shape index (κ2) is 8.27. The van der Waals surface area contributed by atoms with E-state index in [-0.39, 0.29) is 28.1 Å². The van der Waals surface area contributed by atoms with Crippen LogP contribution in [0.15, 0.2) is 79.4 Å². The van der Waals surface area contributed by atoms with Gasteiger partial charge in [-0.05, 0) is 82.3 Å². The van der Waals surface area contributed by atoms with Crippen molar-refractivity contribution < 1.29 is 15.3 Å². The van der Waals surface area contributed by atoms with E-state index in [9.17, 15) is 15.3 Å². The van der Waals surface area contributed by atoms with E-state index in [1.54, 1.807) is 36.4 Å². The molecule has 0 aromatic heterocycles. The Morgan fingerprint density at radius 1 is 0.667 bits per heavy atom. The molecule has 0 radical (unpaired) electrons. The Morgan fingerprint density at radius 3 is 1.53 bits per heavy atom. The molecule has 0 saturated carbocycles. The summed E-state index contributed by atoms with van der Waals surface area (Å²) in [6.45, 7) is 11.0. The summed E-state index contributed by atoms with van der Waals surface area (Å²) in [6.07, 6.45) is 1.57. The van der Waals surface area contributed by atoms with Crippen molar-refractivity contribution in [2.75, 3.05) is 0 Å². The van der Waals surface area contributed by atoms with E-state index >= 15 is 0 Å². The largest absolute Gasteiger partial charge is 0.508 e. The number of aromatic hydroxyl groups is 3. The van der Waals surface area contributed by atoms with E-state index in [4.69, 9.17) is 0 Å². The fraction of sp³-hybridized carbons (Fsp3) is 0.259. The molecule has 3 aromatic rings. The molecule has 156 valence electrons. The maximum absolute atomic E-state index is 9.78. The highest BCUT2D eigenvalue weighted by atomic mass is 16.3. The normalized spacial score (nSPS) is 13.6. The minimum absolute atomic E-state index is 0.157. The first-order chi connectivity index (χ1) is 14.1. The first-order valence-corrected chi connectivity index (χ1v) is 10.2. The number of rotatable bonds is 7. The molecular formula is C27H30O3. The number of hydrogen-bond donors (Lipinski definition) is 3. The number of phenolic OH excluding ortho intramolecular Hbond substituents is 3. The third-order valence-corrected chi connectivity index (χ3v) is 5.92. The van der Waals surface area contributed by atoms with Gasteiger partial charge in [0.25, 0.3) is 0 Å². The molecule has 3 nitrogen and oxygen atoms in total. The van der Waals surface area contributed by atoms with Gasteiger partial charge in [0, 0.05) is 0 Å². The highest BCUT2D eigenvalue weighted by Gasteiger charge is 2.35. The minimum atomic E-state index is -0.246. The molecule has 0 aliphatic rings. The number of benzene rings is 3. The van der Waals surface area contributed by atoms with E-state index in [1.165, 1.54) is 0 Å². The molecule has 0 aliphatic carbocycles. The van der Waals surface area contributed by atoms with Crippen molar-refractivity contribution in [2.45, 2.75) is 44.4 Å². The summed E-state index contributed by atoms with van der Waals surface area (Å²) in [6, 6.07) is 21.9. The van der Waals surface area contributed by atoms with Gasteiger partial charge in [-0.1, -0.05) is 63.7 Å². The molecular weight excluding hydrogens is 372 g/mol. The van der Waals surface area contributed by atoms with Gasteiger partial charge in [-0.15, -0.1) is 0 Å². The Hall–Kier alpha value is -3.20. The first kappa shape index (κ1) is 21.5. The fourth-order valence-corrected chi connectivity index (χ4v) is 4.39. The van der Waals surface area contributed by atoms with E-state index < -0.39 is 0 Å². The molecule has 3 heteroatoms. The van der Waals surface area contributed by atoms with Crippen molar-refractivity contribution in [2.24, 2.45) is 0 Å². The predicted octanol–water partition coefficient (Wildman–Crippen LogP) is 6.53. The van der Waals surface area contributed by atoms with Crippen LogP contribution < -0.4 is 0 Å². The topological polar surface area (TPSA) is 60.7 Å². The number of phenols is 3. The van der Waals surface area contributed by atoms with Gasteiger partial charge < -0.3 is 15.3 Å². The Kier molecular flexibility index (Phi) is 5.93. The molecule has 3 aromatic carbocycles. The lowest BCUT2D eigenvalue weighted by atomic mass is 9.65. The SMILES string of the molecule is C=C(CC(C)(CC(C)(C)c1ccc(O)cc1)c1ccc(O)cc1)c1ccc(O)cc1. The molecule has 0 spiro atoms. The molecule has 30 heavy (non-hydrogen) atoms. The lowest BCUT2D eigenvalue weighted by molar-refractivity contribution is 0.330. The monoisotopic (exact) mass is 402 g/mol. The summed E-state index contributed by atoms with van der Waals surface area (Å²) in [5.41, 5.74) is 3.87. The molecule has 0 amide bonds. The van der Waals surface area contributed by atoms with Crippen LogP contribution in [0.25, 0.3) is 5.57 Å². The second-order valence-electron chi connectivity index (χ2n) is 9.04. The van der Waals surface area contributed by atoms with Crippen LogP contribution in [0.2, 0.25) is 0 Å². The molecule has 1 unspecified atom stereocenters. The molecule has 0 saturated heterocycles. The van der Waals surface area contributed by atoms with Gasteiger partial charge >= 0.3 is 0 Å². The zero-order chi connectivity index (χ0) is 21.9. The Balaban J connectivity index is 1.96. The molecule has 0 bridgehead atoms. The zero-order valence-corrected chi connectivity index (χ0v) is 17.9. The van der Waals surface area contributed by atoms with Crippen molar-refractivity contribution in [1.29, 1.82) is 0 Å². The fourth-order valence-electron chi connectivity index (χ4n) is 4.39. The summed E-state index contributed by atoms with van der Waals surface area (Å²) >= 11 is 0. The van der Waals surface area contributed by atoms with Gasteiger partial charge in [0.05, 0.1) is 0 Å². The van der Waals surface area contributed by atoms with Crippen LogP contribution in [0.3, 0.4) is 0 Å². The molecule has 1 atom stereocenters. The highest BCUT2D eigenvalue weighted by molar-refractivity contribution is 5.65. The lowest BCUT2D eigenvalue weighted by Crippen LogP contribution is -2.32. The standard InChI is InChI=1S/C27H30O3/c1-19(20-5-11-23(28)12-6-20)17-27(4,22-9-15-25(30)16-10-22)18-26(2,3)21-7-13-24(29)14-8-21/h5-16,28-30H,1,17-18H2,2-4H3. The summed E-state index contributed by atoms with van der Waals surface area (Å²) in [5, 5.41) is 29.1. The Bertz CT molecular complexity index is 999. The summed E-state index contributed by atoms with van der Waals surface area (Å²) in [7, 11) is 0. The Labute approximate surface area is 179 Å². The van der Waals surface area contributed by atoms with Crippen molar-refractivity contribution >= 4 is 5.57 Å². The van der Waals surface area contributed by atoms with Gasteiger partial charge in [0.15, 0.2) is 0 Å². The van der Waals surface area contributed by atoms with E-state index in [0.717, 1.165) is 35.1 Å². The summed E-state index contributed by atoms with van der Waals surface area (Å²) in [5.74, 6) is 0.745.